The van der Waals surface area contributed by atoms with Crippen LogP contribution in [0.1, 0.15) is 36.6 Å². The van der Waals surface area contributed by atoms with E-state index >= 15 is 0 Å². The Kier molecular flexibility index (Phi) is 7.77. The molecule has 1 aromatic carbocycles. The Labute approximate surface area is 254 Å². The van der Waals surface area contributed by atoms with Crippen LogP contribution >= 0.6 is 11.3 Å². The molecule has 11 heteroatoms. The van der Waals surface area contributed by atoms with Crippen molar-refractivity contribution in [3.63, 3.8) is 0 Å². The number of nitrogens with one attached hydrogen (secondary N) is 1. The third-order valence-corrected chi connectivity index (χ3v) is 9.66. The molecule has 43 heavy (non-hydrogen) atoms. The van der Waals surface area contributed by atoms with Gasteiger partial charge in [-0.3, -0.25) is 19.5 Å². The van der Waals surface area contributed by atoms with Gasteiger partial charge in [0.05, 0.1) is 47.3 Å². The maximum Gasteiger partial charge on any atom is 0.226 e. The fourth-order valence-electron chi connectivity index (χ4n) is 6.46. The first kappa shape index (κ1) is 27.9. The van der Waals surface area contributed by atoms with Gasteiger partial charge in [-0.05, 0) is 55.5 Å². The van der Waals surface area contributed by atoms with Crippen molar-refractivity contribution in [2.75, 3.05) is 44.7 Å². The number of morpholine rings is 1. The number of rotatable bonds is 6. The minimum Gasteiger partial charge on any atom is -0.379 e. The molecule has 0 unspecified atom stereocenters. The van der Waals surface area contributed by atoms with Gasteiger partial charge in [-0.15, -0.1) is 0 Å². The van der Waals surface area contributed by atoms with E-state index in [1.807, 2.05) is 52.2 Å². The molecule has 0 bridgehead atoms. The third-order valence-electron chi connectivity index (χ3n) is 8.64. The molecule has 10 nitrogen and oxygen atoms in total. The van der Waals surface area contributed by atoms with Crippen molar-refractivity contribution in [3.8, 4) is 27.5 Å². The molecule has 3 aromatic heterocycles. The lowest BCUT2D eigenvalue weighted by Crippen LogP contribution is -2.50. The molecular formula is C32H35N7O3S. The Morgan fingerprint density at radius 2 is 1.84 bits per heavy atom. The Balaban J connectivity index is 1.12. The lowest BCUT2D eigenvalue weighted by molar-refractivity contribution is -0.132. The number of hydrogen-bond acceptors (Lipinski definition) is 8. The van der Waals surface area contributed by atoms with Crippen LogP contribution in [0.25, 0.3) is 27.5 Å². The Bertz CT molecular complexity index is 1620. The average molecular weight is 598 g/mol. The zero-order valence-corrected chi connectivity index (χ0v) is 25.1. The monoisotopic (exact) mass is 597 g/mol. The molecule has 2 fully saturated rings. The highest BCUT2D eigenvalue weighted by atomic mass is 32.1. The molecule has 2 saturated heterocycles. The topological polar surface area (TPSA) is 105 Å². The normalized spacial score (nSPS) is 17.4. The van der Waals surface area contributed by atoms with Gasteiger partial charge in [0, 0.05) is 62.7 Å². The number of aromatic nitrogens is 4. The number of thiazole rings is 1. The number of likely N-dealkylation sites (tertiary alicyclic amines) is 1. The van der Waals surface area contributed by atoms with Gasteiger partial charge in [0.25, 0.3) is 0 Å². The number of carbonyl (C=O) groups excluding carboxylic acids is 2. The molecular weight excluding hydrogens is 562 g/mol. The highest BCUT2D eigenvalue weighted by Crippen LogP contribution is 2.44. The lowest BCUT2D eigenvalue weighted by Gasteiger charge is -2.40. The van der Waals surface area contributed by atoms with E-state index in [1.54, 1.807) is 6.20 Å². The predicted octanol–water partition coefficient (Wildman–Crippen LogP) is 3.98. The highest BCUT2D eigenvalue weighted by Gasteiger charge is 2.31. The van der Waals surface area contributed by atoms with Gasteiger partial charge in [-0.1, -0.05) is 23.5 Å². The summed E-state index contributed by atoms with van der Waals surface area (Å²) in [7, 11) is 0. The smallest absolute Gasteiger partial charge is 0.226 e. The molecule has 0 saturated carbocycles. The van der Waals surface area contributed by atoms with Crippen molar-refractivity contribution in [2.45, 2.75) is 45.1 Å². The maximum atomic E-state index is 13.2. The van der Waals surface area contributed by atoms with Crippen molar-refractivity contribution in [3.05, 3.63) is 65.6 Å². The minimum absolute atomic E-state index is 0.137. The van der Waals surface area contributed by atoms with Gasteiger partial charge >= 0.3 is 0 Å². The summed E-state index contributed by atoms with van der Waals surface area (Å²) in [5, 5.41) is 8.54. The van der Waals surface area contributed by atoms with Crippen LogP contribution in [-0.4, -0.2) is 86.8 Å². The van der Waals surface area contributed by atoms with Crippen LogP contribution in [0.4, 0.5) is 5.13 Å². The highest BCUT2D eigenvalue weighted by molar-refractivity contribution is 7.19. The van der Waals surface area contributed by atoms with Crippen molar-refractivity contribution in [1.29, 1.82) is 0 Å². The molecule has 5 heterocycles. The van der Waals surface area contributed by atoms with E-state index in [9.17, 15) is 9.59 Å². The minimum atomic E-state index is -0.137. The lowest BCUT2D eigenvalue weighted by atomic mass is 9.95. The van der Waals surface area contributed by atoms with Crippen LogP contribution in [0, 0.1) is 0 Å². The second kappa shape index (κ2) is 12.0. The van der Waals surface area contributed by atoms with Crippen molar-refractivity contribution < 1.29 is 14.3 Å². The molecule has 3 aliphatic rings. The van der Waals surface area contributed by atoms with Gasteiger partial charge in [0.1, 0.15) is 0 Å². The average Bonchev–Trinajstić information content (AvgIpc) is 3.63. The number of pyridine rings is 1. The molecule has 4 aromatic rings. The Hall–Kier alpha value is -3.93. The first-order valence-electron chi connectivity index (χ1n) is 15.0. The molecule has 7 rings (SSSR count). The summed E-state index contributed by atoms with van der Waals surface area (Å²) in [6.07, 6.45) is 7.62. The van der Waals surface area contributed by atoms with Crippen LogP contribution in [-0.2, 0) is 33.6 Å². The fourth-order valence-corrected chi connectivity index (χ4v) is 7.58. The molecule has 2 amide bonds. The number of benzene rings is 1. The number of anilines is 1. The van der Waals surface area contributed by atoms with Crippen LogP contribution in [0.3, 0.4) is 0 Å². The summed E-state index contributed by atoms with van der Waals surface area (Å²) in [6, 6.07) is 12.7. The SMILES string of the molecule is CC(=O)Nc1nc2c(s1)-c1c(c(-c3cccnc3)nn1-c1ccc(CC(=O)N3CCC(N4CCOCC4)CC3)cc1)CC2. The predicted molar refractivity (Wildman–Crippen MR) is 165 cm³/mol. The van der Waals surface area contributed by atoms with Crippen LogP contribution in [0.2, 0.25) is 0 Å². The van der Waals surface area contributed by atoms with Crippen molar-refractivity contribution in [2.24, 2.45) is 0 Å². The van der Waals surface area contributed by atoms with Gasteiger partial charge in [-0.25, -0.2) is 9.67 Å². The van der Waals surface area contributed by atoms with Crippen molar-refractivity contribution >= 4 is 28.3 Å². The fraction of sp³-hybridized carbons (Fsp3) is 0.406. The second-order valence-corrected chi connectivity index (χ2v) is 12.4. The van der Waals surface area contributed by atoms with Gasteiger partial charge in [0.2, 0.25) is 11.8 Å². The quantitative estimate of drug-likeness (QED) is 0.359. The molecule has 222 valence electrons. The first-order valence-corrected chi connectivity index (χ1v) is 15.8. The zero-order valence-electron chi connectivity index (χ0n) is 24.3. The molecule has 2 aliphatic heterocycles. The number of carbonyl (C=O) groups is 2. The summed E-state index contributed by atoms with van der Waals surface area (Å²) >= 11 is 1.48. The van der Waals surface area contributed by atoms with Crippen molar-refractivity contribution in [1.82, 2.24) is 29.5 Å². The molecule has 0 atom stereocenters. The van der Waals surface area contributed by atoms with E-state index in [2.05, 4.69) is 15.2 Å². The van der Waals surface area contributed by atoms with E-state index in [4.69, 9.17) is 14.8 Å². The van der Waals surface area contributed by atoms with E-state index in [0.717, 1.165) is 109 Å². The first-order chi connectivity index (χ1) is 21.0. The Morgan fingerprint density at radius 1 is 1.05 bits per heavy atom. The Morgan fingerprint density at radius 3 is 2.56 bits per heavy atom. The van der Waals surface area contributed by atoms with Crippen LogP contribution in [0.15, 0.2) is 48.8 Å². The number of fused-ring (bicyclic) bond motifs is 3. The van der Waals surface area contributed by atoms with E-state index in [0.29, 0.717) is 17.6 Å². The van der Waals surface area contributed by atoms with Crippen LogP contribution in [0.5, 0.6) is 0 Å². The maximum absolute atomic E-state index is 13.2. The summed E-state index contributed by atoms with van der Waals surface area (Å²) < 4.78 is 7.48. The second-order valence-electron chi connectivity index (χ2n) is 11.4. The number of nitrogens with zero attached hydrogens (tertiary/aromatic N) is 6. The zero-order chi connectivity index (χ0) is 29.3. The van der Waals surface area contributed by atoms with E-state index < -0.39 is 0 Å². The molecule has 0 radical (unpaired) electrons. The molecule has 1 N–H and O–H groups in total. The summed E-state index contributed by atoms with van der Waals surface area (Å²) in [6.45, 7) is 6.73. The molecule has 0 spiro atoms. The number of piperidine rings is 1. The largest absolute Gasteiger partial charge is 0.379 e. The third kappa shape index (κ3) is 5.72. The summed E-state index contributed by atoms with van der Waals surface area (Å²) in [5.74, 6) is 0.0470. The number of amides is 2. The number of ether oxygens (including phenoxy) is 1. The number of aryl methyl sites for hydroxylation is 1. The molecule has 1 aliphatic carbocycles. The van der Waals surface area contributed by atoms with Gasteiger partial charge in [-0.2, -0.15) is 5.10 Å². The number of hydrogen-bond donors (Lipinski definition) is 1. The summed E-state index contributed by atoms with van der Waals surface area (Å²) in [4.78, 5) is 39.5. The van der Waals surface area contributed by atoms with Crippen LogP contribution < -0.4 is 5.32 Å². The van der Waals surface area contributed by atoms with Gasteiger partial charge < -0.3 is 15.0 Å². The summed E-state index contributed by atoms with van der Waals surface area (Å²) in [5.41, 5.74) is 6.90. The van der Waals surface area contributed by atoms with Gasteiger partial charge in [0.15, 0.2) is 5.13 Å². The standard InChI is InChI=1S/C32H35N7O3S/c1-21(40)34-32-35-27-9-8-26-29(23-3-2-12-33-20-23)36-39(30(26)31(27)43-32)25-6-4-22(5-7-25)19-28(41)38-13-10-24(11-14-38)37-15-17-42-18-16-37/h2-7,12,20,24H,8-11,13-19H2,1H3,(H,34,35,40). The van der Waals surface area contributed by atoms with E-state index in [1.165, 1.54) is 18.3 Å². The van der Waals surface area contributed by atoms with E-state index in [-0.39, 0.29) is 11.8 Å².